The Bertz CT molecular complexity index is 3690. The monoisotopic (exact) mass is 1770 g/mol. The van der Waals surface area contributed by atoms with Gasteiger partial charge in [0.15, 0.2) is 24.9 Å². The van der Waals surface area contributed by atoms with Crippen LogP contribution in [0, 0.1) is 17.8 Å². The highest BCUT2D eigenvalue weighted by Crippen LogP contribution is 2.36. The summed E-state index contributed by atoms with van der Waals surface area (Å²) >= 11 is 0. The van der Waals surface area contributed by atoms with Crippen molar-refractivity contribution < 1.29 is 191 Å². The topological polar surface area (TPSA) is 810 Å². The minimum absolute atomic E-state index is 0.0601. The van der Waals surface area contributed by atoms with E-state index in [4.69, 9.17) is 33.5 Å². The van der Waals surface area contributed by atoms with Crippen LogP contribution in [0.5, 0.6) is 0 Å². The van der Waals surface area contributed by atoms with Crippen LogP contribution in [0.2, 0.25) is 0 Å². The molecule has 26 atom stereocenters. The standard InChI is InChI=1S/C72H114N12O39/c1-26(2)14-33(60(106)78-37(19-47(95)96)64(110)82-40(23-85)66(112)79-36(18-46(93)94)63(109)81-39(69(114)115)21-49(99)100)76-62(108)38(20-48(97)98)80-67(113)50(28(5)88)84-65(111)34(15-27(3)4)77-61(107)35(75-45(92)22-73-30(7)89)17-44(91)83-68-51(74-31(8)90)58(123-71-55(104)54(103)52(101)29(6)118-71)57(43(25-87)120-68)122-72-56(105)59(53(102)42(24-86)121-72)119-41(70(116)117)16-32-12-10-9-11-13-32/h26-29,32-43,50-59,68,71-72,85-88,101-105H,9-25H2,1-8H3,(H,73,89)(H,74,90)(H,75,92)(H,76,108)(H,77,107)(H,78,106)(H,79,112)(H,80,113)(H,81,109)(H,82,110)(H,83,91)(H,84,111)(H,93,94)(H,95,96)(H,97,98)(H,99,100)(H,114,115)(H,116,117)/t28-,29+,33+,34+,35+,36+,37+,38+,39+,40+,41+,42-,43-,50+,51-,52-,53+,54-,55+,56-,57-,58-,59+,68-,71+,72+/m1/s1. The van der Waals surface area contributed by atoms with Crippen molar-refractivity contribution in [1.82, 2.24) is 63.8 Å². The number of ether oxygens (including phenoxy) is 6. The number of aliphatic carboxylic acids is 6. The summed E-state index contributed by atoms with van der Waals surface area (Å²) in [6.07, 6.45) is -34.3. The second-order valence-electron chi connectivity index (χ2n) is 30.9. The molecule has 3 heterocycles. The lowest BCUT2D eigenvalue weighted by atomic mass is 9.85. The van der Waals surface area contributed by atoms with Gasteiger partial charge in [0.05, 0.1) is 70.7 Å². The van der Waals surface area contributed by atoms with Gasteiger partial charge in [0.1, 0.15) is 121 Å². The van der Waals surface area contributed by atoms with E-state index in [2.05, 4.69) is 37.2 Å². The molecule has 0 aromatic rings. The van der Waals surface area contributed by atoms with E-state index in [1.165, 1.54) is 34.6 Å². The van der Waals surface area contributed by atoms with Gasteiger partial charge < -0.3 is 169 Å². The molecular weight excluding hydrogens is 1660 g/mol. The largest absolute Gasteiger partial charge is 0.481 e. The van der Waals surface area contributed by atoms with Gasteiger partial charge in [0.25, 0.3) is 0 Å². The average Bonchev–Trinajstić information content (AvgIpc) is 0.761. The van der Waals surface area contributed by atoms with Crippen molar-refractivity contribution in [1.29, 1.82) is 0 Å². The fraction of sp³-hybridized carbons (Fsp3) is 0.750. The van der Waals surface area contributed by atoms with Crippen molar-refractivity contribution in [3.05, 3.63) is 0 Å². The number of nitrogens with one attached hydrogen (secondary N) is 12. The molecule has 3 aliphatic heterocycles. The quantitative estimate of drug-likeness (QED) is 0.0269. The lowest BCUT2D eigenvalue weighted by Gasteiger charge is -2.50. The number of aliphatic hydroxyl groups is 9. The van der Waals surface area contributed by atoms with Crippen LogP contribution in [0.15, 0.2) is 0 Å². The smallest absolute Gasteiger partial charge is 0.332 e. The molecule has 0 aromatic carbocycles. The van der Waals surface area contributed by atoms with Crippen molar-refractivity contribution >= 4 is 107 Å². The molecule has 4 fully saturated rings. The van der Waals surface area contributed by atoms with Crippen LogP contribution in [0.25, 0.3) is 0 Å². The van der Waals surface area contributed by atoms with Crippen LogP contribution < -0.4 is 63.8 Å². The van der Waals surface area contributed by atoms with Crippen LogP contribution in [-0.2, 0) is 115 Å². The Morgan fingerprint density at radius 2 is 0.846 bits per heavy atom. The predicted octanol–water partition coefficient (Wildman–Crippen LogP) is -11.5. The number of carboxylic acids is 6. The van der Waals surface area contributed by atoms with E-state index in [1.54, 1.807) is 5.32 Å². The first-order chi connectivity index (χ1) is 57.5. The van der Waals surface area contributed by atoms with Gasteiger partial charge in [-0.15, -0.1) is 0 Å². The maximum Gasteiger partial charge on any atom is 0.332 e. The molecular formula is C72H114N12O39. The van der Waals surface area contributed by atoms with Gasteiger partial charge >= 0.3 is 35.8 Å². The highest BCUT2D eigenvalue weighted by molar-refractivity contribution is 6.01. The van der Waals surface area contributed by atoms with Gasteiger partial charge in [-0.1, -0.05) is 59.8 Å². The molecule has 0 bridgehead atoms. The molecule has 1 saturated carbocycles. The van der Waals surface area contributed by atoms with E-state index < -0.39 is 348 Å². The maximum atomic E-state index is 14.7. The predicted molar refractivity (Wildman–Crippen MR) is 404 cm³/mol. The Balaban J connectivity index is 1.66. The van der Waals surface area contributed by atoms with Gasteiger partial charge in [-0.3, -0.25) is 76.7 Å². The van der Waals surface area contributed by atoms with Crippen molar-refractivity contribution in [2.24, 2.45) is 17.8 Å². The summed E-state index contributed by atoms with van der Waals surface area (Å²) in [6.45, 7) is 5.64. The lowest BCUT2D eigenvalue weighted by Crippen LogP contribution is -2.72. The molecule has 696 valence electrons. The highest BCUT2D eigenvalue weighted by Gasteiger charge is 2.56. The molecule has 0 radical (unpaired) electrons. The number of carbonyl (C=O) groups excluding carboxylic acids is 12. The highest BCUT2D eigenvalue weighted by atomic mass is 16.7. The summed E-state index contributed by atoms with van der Waals surface area (Å²) in [6, 6.07) is -21.2. The second-order valence-corrected chi connectivity index (χ2v) is 30.9. The number of carbonyl (C=O) groups is 18. The normalized spacial score (nSPS) is 26.1. The van der Waals surface area contributed by atoms with Gasteiger partial charge in [-0.05, 0) is 50.9 Å². The van der Waals surface area contributed by atoms with E-state index >= 15 is 0 Å². The second kappa shape index (κ2) is 50.0. The van der Waals surface area contributed by atoms with Crippen molar-refractivity contribution in [3.8, 4) is 0 Å². The molecule has 0 unspecified atom stereocenters. The van der Waals surface area contributed by atoms with E-state index in [9.17, 15) is 158 Å². The number of carboxylic acid groups (broad SMARTS) is 6. The van der Waals surface area contributed by atoms with Crippen molar-refractivity contribution in [2.75, 3.05) is 26.4 Å². The fourth-order valence-electron chi connectivity index (χ4n) is 13.6. The van der Waals surface area contributed by atoms with Gasteiger partial charge in [0, 0.05) is 13.8 Å². The number of hydrogen-bond acceptors (Lipinski definition) is 33. The third-order valence-corrected chi connectivity index (χ3v) is 19.8. The molecule has 4 rings (SSSR count). The van der Waals surface area contributed by atoms with E-state index in [1.807, 2.05) is 21.3 Å². The third kappa shape index (κ3) is 33.5. The summed E-state index contributed by atoms with van der Waals surface area (Å²) in [5, 5.41) is 182. The molecule has 27 N–H and O–H groups in total. The van der Waals surface area contributed by atoms with Crippen molar-refractivity contribution in [2.45, 2.75) is 297 Å². The Morgan fingerprint density at radius 1 is 0.415 bits per heavy atom. The Kier molecular flexibility index (Phi) is 42.7. The number of amides is 12. The Hall–Kier alpha value is -10.1. The molecule has 51 heteroatoms. The minimum Gasteiger partial charge on any atom is -0.481 e. The molecule has 3 saturated heterocycles. The molecule has 0 spiro atoms. The molecule has 123 heavy (non-hydrogen) atoms. The summed E-state index contributed by atoms with van der Waals surface area (Å²) in [4.78, 5) is 237. The zero-order valence-corrected chi connectivity index (χ0v) is 68.3. The Labute approximate surface area is 701 Å². The average molecular weight is 1770 g/mol. The first-order valence-corrected chi connectivity index (χ1v) is 39.2. The zero-order valence-electron chi connectivity index (χ0n) is 68.3. The zero-order chi connectivity index (χ0) is 92.9. The number of aliphatic hydroxyl groups excluding tert-OH is 9. The lowest BCUT2D eigenvalue weighted by molar-refractivity contribution is -0.364. The van der Waals surface area contributed by atoms with Crippen LogP contribution in [0.4, 0.5) is 0 Å². The maximum absolute atomic E-state index is 14.7. The minimum atomic E-state index is -2.27. The Morgan fingerprint density at radius 3 is 1.29 bits per heavy atom. The van der Waals surface area contributed by atoms with Gasteiger partial charge in [0.2, 0.25) is 70.9 Å². The summed E-state index contributed by atoms with van der Waals surface area (Å²) in [7, 11) is 0. The van der Waals surface area contributed by atoms with E-state index in [0.717, 1.165) is 40.0 Å². The SMILES string of the molecule is CC(=O)NCC(=O)N[C@@H](CC(=O)N[C@@H]1O[C@H](CO)[C@@H](O[C@@H]2O[C@H](CO)[C@H](O)[C@H](O[C@@H](CC3CCCCC3)C(=O)O)[C@H]2O)[C@H](O[C@@H]2O[C@@H](C)[C@@H](O)[C@@H](O)[C@@H]2O)[C@H]1NC(C)=O)C(=O)N[C@@H](CC(C)C)C(=O)N[C@H](C(=O)N[C@@H](CC(=O)O)C(=O)N[C@@H](CC(C)C)C(=O)N[C@@H](CC(=O)O)C(=O)N[C@@H](CO)C(=O)N[C@@H](CC(=O)O)C(=O)N[C@@H](CC(=O)O)C(=O)O)[C@@H](C)O. The van der Waals surface area contributed by atoms with Crippen LogP contribution in [0.1, 0.15) is 139 Å². The summed E-state index contributed by atoms with van der Waals surface area (Å²) in [5.41, 5.74) is 0. The van der Waals surface area contributed by atoms with Crippen LogP contribution in [-0.4, -0.2) is 368 Å². The molecule has 12 amide bonds. The number of hydrogen-bond donors (Lipinski definition) is 27. The van der Waals surface area contributed by atoms with Crippen LogP contribution in [0.3, 0.4) is 0 Å². The summed E-state index contributed by atoms with van der Waals surface area (Å²) < 4.78 is 36.1. The summed E-state index contributed by atoms with van der Waals surface area (Å²) in [5.74, 6) is -28.1. The molecule has 4 aliphatic rings. The number of rotatable bonds is 49. The molecule has 51 nitrogen and oxygen atoms in total. The van der Waals surface area contributed by atoms with E-state index in [0.29, 0.717) is 12.8 Å². The fourth-order valence-corrected chi connectivity index (χ4v) is 13.6. The first kappa shape index (κ1) is 105. The third-order valence-electron chi connectivity index (χ3n) is 19.8. The van der Waals surface area contributed by atoms with E-state index in [-0.39, 0.29) is 12.3 Å². The van der Waals surface area contributed by atoms with Gasteiger partial charge in [-0.2, -0.15) is 0 Å². The van der Waals surface area contributed by atoms with Gasteiger partial charge in [-0.25, -0.2) is 9.59 Å². The van der Waals surface area contributed by atoms with Crippen molar-refractivity contribution in [3.63, 3.8) is 0 Å². The molecule has 1 aliphatic carbocycles. The van der Waals surface area contributed by atoms with Crippen LogP contribution >= 0.6 is 0 Å². The first-order valence-electron chi connectivity index (χ1n) is 39.2. The molecule has 0 aromatic heterocycles.